The highest BCUT2D eigenvalue weighted by atomic mass is 16.5. The Morgan fingerprint density at radius 2 is 1.00 bits per heavy atom. The molecule has 0 radical (unpaired) electrons. The summed E-state index contributed by atoms with van der Waals surface area (Å²) in [5.74, 6) is -2.29. The van der Waals surface area contributed by atoms with Crippen LogP contribution < -0.4 is 10.6 Å². The number of nitrogens with one attached hydrogen (secondary N) is 2. The van der Waals surface area contributed by atoms with Gasteiger partial charge in [-0.15, -0.1) is 0 Å². The number of esters is 1. The number of aliphatic hydroxyl groups is 1. The first kappa shape index (κ1) is 48.6. The Labute approximate surface area is 311 Å². The molecule has 0 rings (SSSR count). The molecule has 0 aliphatic rings. The maximum atomic E-state index is 12.7. The van der Waals surface area contributed by atoms with Gasteiger partial charge in [0.1, 0.15) is 12.1 Å². The molecule has 0 aliphatic carbocycles. The largest absolute Gasteiger partial charge is 0.480 e. The van der Waals surface area contributed by atoms with Crippen molar-refractivity contribution >= 4 is 23.8 Å². The zero-order valence-electron chi connectivity index (χ0n) is 32.9. The molecule has 0 aromatic heterocycles. The third kappa shape index (κ3) is 34.4. The summed E-state index contributed by atoms with van der Waals surface area (Å²) in [4.78, 5) is 47.4. The average molecular weight is 723 g/mol. The molecule has 0 saturated heterocycles. The Bertz CT molecular complexity index is 879. The van der Waals surface area contributed by atoms with Crippen molar-refractivity contribution < 1.29 is 34.1 Å². The van der Waals surface area contributed by atoms with Gasteiger partial charge in [0.15, 0.2) is 0 Å². The predicted molar refractivity (Wildman–Crippen MR) is 209 cm³/mol. The highest BCUT2D eigenvalue weighted by Crippen LogP contribution is 2.19. The van der Waals surface area contributed by atoms with E-state index >= 15 is 0 Å². The molecule has 2 unspecified atom stereocenters. The molecule has 0 aromatic rings. The number of carboxylic acids is 1. The summed E-state index contributed by atoms with van der Waals surface area (Å²) in [6.07, 6.45) is 38.2. The van der Waals surface area contributed by atoms with Crippen LogP contribution in [0.2, 0.25) is 0 Å². The summed E-state index contributed by atoms with van der Waals surface area (Å²) in [6, 6.07) is -1.38. The van der Waals surface area contributed by atoms with E-state index in [1.807, 2.05) is 0 Å². The lowest BCUT2D eigenvalue weighted by Gasteiger charge is -2.18. The molecule has 0 heterocycles. The van der Waals surface area contributed by atoms with E-state index in [0.717, 1.165) is 57.8 Å². The number of hydrogen-bond acceptors (Lipinski definition) is 6. The molecule has 4 N–H and O–H groups in total. The smallest absolute Gasteiger partial charge is 0.328 e. The first-order valence-electron chi connectivity index (χ1n) is 21.1. The van der Waals surface area contributed by atoms with Crippen LogP contribution in [0.1, 0.15) is 206 Å². The fraction of sp³-hybridized carbons (Fsp3) is 0.857. The van der Waals surface area contributed by atoms with E-state index in [2.05, 4.69) is 36.6 Å². The number of rotatable bonds is 38. The van der Waals surface area contributed by atoms with Crippen molar-refractivity contribution in [2.45, 2.75) is 219 Å². The molecule has 9 nitrogen and oxygen atoms in total. The number of ether oxygens (including phenoxy) is 1. The van der Waals surface area contributed by atoms with Crippen LogP contribution in [0.25, 0.3) is 0 Å². The molecule has 0 bridgehead atoms. The first-order chi connectivity index (χ1) is 24.8. The summed E-state index contributed by atoms with van der Waals surface area (Å²) in [7, 11) is 0. The highest BCUT2D eigenvalue weighted by molar-refractivity contribution is 5.87. The standard InChI is InChI=1S/C42H78N2O7/c1-3-5-7-9-11-12-13-14-15-16-17-18-19-21-26-30-34-41(48)51-37(31-27-23-20-10-8-6-4-2)32-28-24-22-25-29-33-39(46)43-35-40(47)44-38(36-45)42(49)50/h15-16,37-38,45H,3-14,17-36H2,1-2H3,(H,43,46)(H,44,47)(H,49,50)/b16-15-. The molecule has 2 amide bonds. The third-order valence-electron chi connectivity index (χ3n) is 9.51. The molecule has 0 saturated carbocycles. The van der Waals surface area contributed by atoms with Gasteiger partial charge in [0, 0.05) is 12.8 Å². The van der Waals surface area contributed by atoms with Gasteiger partial charge in [0.2, 0.25) is 11.8 Å². The molecule has 2 atom stereocenters. The van der Waals surface area contributed by atoms with Crippen LogP contribution in [0.5, 0.6) is 0 Å². The number of carbonyl (C=O) groups is 4. The third-order valence-corrected chi connectivity index (χ3v) is 9.51. The Morgan fingerprint density at radius 1 is 0.569 bits per heavy atom. The fourth-order valence-electron chi connectivity index (χ4n) is 6.24. The van der Waals surface area contributed by atoms with E-state index in [1.165, 1.54) is 116 Å². The second kappa shape index (κ2) is 37.3. The summed E-state index contributed by atoms with van der Waals surface area (Å²) >= 11 is 0. The lowest BCUT2D eigenvalue weighted by molar-refractivity contribution is -0.150. The van der Waals surface area contributed by atoms with Crippen molar-refractivity contribution in [2.24, 2.45) is 0 Å². The number of carboxylic acid groups (broad SMARTS) is 1. The van der Waals surface area contributed by atoms with Crippen molar-refractivity contribution in [1.29, 1.82) is 0 Å². The number of hydrogen-bond donors (Lipinski definition) is 4. The van der Waals surface area contributed by atoms with Gasteiger partial charge in [0.05, 0.1) is 13.2 Å². The fourth-order valence-corrected chi connectivity index (χ4v) is 6.24. The lowest BCUT2D eigenvalue weighted by atomic mass is 10.0. The van der Waals surface area contributed by atoms with Crippen molar-refractivity contribution in [3.63, 3.8) is 0 Å². The number of unbranched alkanes of at least 4 members (excludes halogenated alkanes) is 22. The Hall–Kier alpha value is -2.42. The van der Waals surface area contributed by atoms with E-state index < -0.39 is 24.5 Å². The van der Waals surface area contributed by atoms with Crippen LogP contribution >= 0.6 is 0 Å². The van der Waals surface area contributed by atoms with Gasteiger partial charge in [-0.1, -0.05) is 142 Å². The average Bonchev–Trinajstić information content (AvgIpc) is 3.11. The van der Waals surface area contributed by atoms with E-state index in [1.54, 1.807) is 0 Å². The number of carbonyl (C=O) groups excluding carboxylic acids is 3. The van der Waals surface area contributed by atoms with Gasteiger partial charge in [-0.05, 0) is 64.2 Å². The minimum absolute atomic E-state index is 0.00975. The van der Waals surface area contributed by atoms with Gasteiger partial charge in [-0.25, -0.2) is 4.79 Å². The molecular formula is C42H78N2O7. The molecule has 0 fully saturated rings. The maximum Gasteiger partial charge on any atom is 0.328 e. The second-order valence-corrected chi connectivity index (χ2v) is 14.4. The summed E-state index contributed by atoms with van der Waals surface area (Å²) in [5.41, 5.74) is 0. The van der Waals surface area contributed by atoms with Crippen LogP contribution in [0.15, 0.2) is 12.2 Å². The Kier molecular flexibility index (Phi) is 35.6. The van der Waals surface area contributed by atoms with E-state index in [9.17, 15) is 19.2 Å². The number of amides is 2. The Balaban J connectivity index is 4.15. The molecule has 0 aliphatic heterocycles. The molecular weight excluding hydrogens is 644 g/mol. The molecule has 298 valence electrons. The van der Waals surface area contributed by atoms with Gasteiger partial charge in [0.25, 0.3) is 0 Å². The van der Waals surface area contributed by atoms with Crippen molar-refractivity contribution in [2.75, 3.05) is 13.2 Å². The Morgan fingerprint density at radius 3 is 1.47 bits per heavy atom. The number of allylic oxidation sites excluding steroid dienone is 2. The number of aliphatic carboxylic acids is 1. The van der Waals surface area contributed by atoms with Crippen LogP contribution in [-0.2, 0) is 23.9 Å². The minimum atomic E-state index is -1.38. The van der Waals surface area contributed by atoms with Crippen LogP contribution in [0.3, 0.4) is 0 Å². The topological polar surface area (TPSA) is 142 Å². The van der Waals surface area contributed by atoms with Gasteiger partial charge < -0.3 is 25.6 Å². The molecule has 0 aromatic carbocycles. The van der Waals surface area contributed by atoms with E-state index in [4.69, 9.17) is 14.9 Å². The molecule has 0 spiro atoms. The summed E-state index contributed by atoms with van der Waals surface area (Å²) < 4.78 is 5.99. The van der Waals surface area contributed by atoms with Crippen LogP contribution in [0, 0.1) is 0 Å². The second-order valence-electron chi connectivity index (χ2n) is 14.4. The molecule has 51 heavy (non-hydrogen) atoms. The lowest BCUT2D eigenvalue weighted by Crippen LogP contribution is -2.47. The van der Waals surface area contributed by atoms with Crippen molar-refractivity contribution in [3.05, 3.63) is 12.2 Å². The van der Waals surface area contributed by atoms with E-state index in [0.29, 0.717) is 19.3 Å². The highest BCUT2D eigenvalue weighted by Gasteiger charge is 2.19. The normalized spacial score (nSPS) is 12.5. The van der Waals surface area contributed by atoms with Gasteiger partial charge in [-0.2, -0.15) is 0 Å². The summed E-state index contributed by atoms with van der Waals surface area (Å²) in [5, 5.41) is 22.5. The van der Waals surface area contributed by atoms with Gasteiger partial charge >= 0.3 is 11.9 Å². The van der Waals surface area contributed by atoms with E-state index in [-0.39, 0.29) is 24.5 Å². The van der Waals surface area contributed by atoms with Gasteiger partial charge in [-0.3, -0.25) is 14.4 Å². The van der Waals surface area contributed by atoms with Crippen molar-refractivity contribution in [1.82, 2.24) is 10.6 Å². The first-order valence-corrected chi connectivity index (χ1v) is 21.1. The maximum absolute atomic E-state index is 12.7. The van der Waals surface area contributed by atoms with Crippen molar-refractivity contribution in [3.8, 4) is 0 Å². The van der Waals surface area contributed by atoms with Crippen LogP contribution in [-0.4, -0.2) is 59.3 Å². The quantitative estimate of drug-likeness (QED) is 0.0282. The monoisotopic (exact) mass is 723 g/mol. The summed E-state index contributed by atoms with van der Waals surface area (Å²) in [6.45, 7) is 3.47. The SMILES string of the molecule is CCCCCCCCC/C=C\CCCCCCCC(=O)OC(CCCCCCCCC)CCCCCCCC(=O)NCC(=O)NC(CO)C(=O)O. The number of aliphatic hydroxyl groups excluding tert-OH is 1. The van der Waals surface area contributed by atoms with Crippen LogP contribution in [0.4, 0.5) is 0 Å². The molecule has 9 heteroatoms. The predicted octanol–water partition coefficient (Wildman–Crippen LogP) is 9.88. The minimum Gasteiger partial charge on any atom is -0.480 e. The zero-order chi connectivity index (χ0) is 37.6. The zero-order valence-corrected chi connectivity index (χ0v) is 32.9.